The third-order valence-electron chi connectivity index (χ3n) is 2.51. The Morgan fingerprint density at radius 2 is 2.27 bits per heavy atom. The minimum absolute atomic E-state index is 0.0390. The monoisotopic (exact) mass is 210 g/mol. The highest BCUT2D eigenvalue weighted by Gasteiger charge is 2.24. The third kappa shape index (κ3) is 2.38. The molecular weight excluding hydrogens is 192 g/mol. The molecule has 0 bridgehead atoms. The van der Waals surface area contributed by atoms with Crippen molar-refractivity contribution < 1.29 is 9.15 Å². The van der Waals surface area contributed by atoms with Crippen molar-refractivity contribution >= 4 is 0 Å². The van der Waals surface area contributed by atoms with E-state index in [0.717, 1.165) is 24.7 Å². The lowest BCUT2D eigenvalue weighted by Crippen LogP contribution is -2.34. The van der Waals surface area contributed by atoms with Gasteiger partial charge in [0.1, 0.15) is 12.3 Å². The first-order valence-corrected chi connectivity index (χ1v) is 5.34. The molecule has 0 amide bonds. The molecule has 0 aliphatic carbocycles. The van der Waals surface area contributed by atoms with Crippen LogP contribution >= 0.6 is 0 Å². The van der Waals surface area contributed by atoms with Crippen LogP contribution in [-0.2, 0) is 10.2 Å². The van der Waals surface area contributed by atoms with E-state index in [1.807, 2.05) is 0 Å². The van der Waals surface area contributed by atoms with Crippen molar-refractivity contribution in [2.45, 2.75) is 32.2 Å². The molecule has 1 aliphatic heterocycles. The van der Waals surface area contributed by atoms with E-state index in [2.05, 4.69) is 31.1 Å². The van der Waals surface area contributed by atoms with E-state index in [4.69, 9.17) is 9.15 Å². The summed E-state index contributed by atoms with van der Waals surface area (Å²) in [6, 6.07) is 0.106. The largest absolute Gasteiger partial charge is 0.447 e. The van der Waals surface area contributed by atoms with E-state index in [-0.39, 0.29) is 11.5 Å². The molecule has 1 fully saturated rings. The minimum Gasteiger partial charge on any atom is -0.447 e. The summed E-state index contributed by atoms with van der Waals surface area (Å²) >= 11 is 0. The van der Waals surface area contributed by atoms with Crippen LogP contribution in [0.15, 0.2) is 10.7 Å². The topological polar surface area (TPSA) is 47.3 Å². The molecule has 0 aromatic carbocycles. The lowest BCUT2D eigenvalue weighted by atomic mass is 9.93. The lowest BCUT2D eigenvalue weighted by Gasteiger charge is -2.21. The first kappa shape index (κ1) is 10.6. The van der Waals surface area contributed by atoms with Crippen molar-refractivity contribution in [1.82, 2.24) is 10.3 Å². The summed E-state index contributed by atoms with van der Waals surface area (Å²) in [5.74, 6) is 0.736. The molecule has 2 heterocycles. The smallest absolute Gasteiger partial charge is 0.213 e. The predicted molar refractivity (Wildman–Crippen MR) is 56.8 cm³/mol. The Balaban J connectivity index is 2.12. The van der Waals surface area contributed by atoms with Crippen molar-refractivity contribution in [2.24, 2.45) is 0 Å². The van der Waals surface area contributed by atoms with E-state index < -0.39 is 0 Å². The number of nitrogens with one attached hydrogen (secondary N) is 1. The highest BCUT2D eigenvalue weighted by molar-refractivity contribution is 5.10. The van der Waals surface area contributed by atoms with E-state index in [1.54, 1.807) is 6.26 Å². The summed E-state index contributed by atoms with van der Waals surface area (Å²) in [6.45, 7) is 8.64. The number of hydrogen-bond donors (Lipinski definition) is 1. The third-order valence-corrected chi connectivity index (χ3v) is 2.51. The average molecular weight is 210 g/mol. The molecule has 1 atom stereocenters. The van der Waals surface area contributed by atoms with E-state index in [0.29, 0.717) is 6.61 Å². The first-order chi connectivity index (χ1) is 7.07. The average Bonchev–Trinajstić information content (AvgIpc) is 2.67. The molecule has 1 unspecified atom stereocenters. The van der Waals surface area contributed by atoms with E-state index in [1.165, 1.54) is 0 Å². The van der Waals surface area contributed by atoms with Crippen molar-refractivity contribution in [3.63, 3.8) is 0 Å². The van der Waals surface area contributed by atoms with Gasteiger partial charge in [-0.3, -0.25) is 0 Å². The summed E-state index contributed by atoms with van der Waals surface area (Å²) in [5.41, 5.74) is 1.03. The number of rotatable bonds is 1. The number of ether oxygens (including phenoxy) is 1. The van der Waals surface area contributed by atoms with Gasteiger partial charge in [-0.05, 0) is 0 Å². The van der Waals surface area contributed by atoms with Crippen molar-refractivity contribution in [3.05, 3.63) is 17.8 Å². The molecule has 1 aromatic heterocycles. The Morgan fingerprint density at radius 3 is 2.80 bits per heavy atom. The number of nitrogens with zero attached hydrogens (tertiary/aromatic N) is 1. The van der Waals surface area contributed by atoms with Crippen LogP contribution in [0.5, 0.6) is 0 Å². The molecule has 0 spiro atoms. The molecule has 15 heavy (non-hydrogen) atoms. The van der Waals surface area contributed by atoms with Crippen LogP contribution in [0.25, 0.3) is 0 Å². The van der Waals surface area contributed by atoms with Crippen LogP contribution in [0.4, 0.5) is 0 Å². The number of morpholine rings is 1. The lowest BCUT2D eigenvalue weighted by molar-refractivity contribution is 0.0681. The fourth-order valence-electron chi connectivity index (χ4n) is 1.52. The van der Waals surface area contributed by atoms with Gasteiger partial charge in [-0.15, -0.1) is 0 Å². The SMILES string of the molecule is CC(C)(C)c1coc(C2COCCN2)n1. The zero-order chi connectivity index (χ0) is 10.9. The molecular formula is C11H18N2O2. The Kier molecular flexibility index (Phi) is 2.80. The minimum atomic E-state index is 0.0390. The standard InChI is InChI=1S/C11H18N2O2/c1-11(2,3)9-7-15-10(13-9)8-6-14-5-4-12-8/h7-8,12H,4-6H2,1-3H3. The van der Waals surface area contributed by atoms with Gasteiger partial charge in [0.2, 0.25) is 5.89 Å². The second-order valence-electron chi connectivity index (χ2n) is 4.90. The maximum absolute atomic E-state index is 5.48. The number of hydrogen-bond acceptors (Lipinski definition) is 4. The summed E-state index contributed by atoms with van der Waals surface area (Å²) in [4.78, 5) is 4.50. The molecule has 2 rings (SSSR count). The fourth-order valence-corrected chi connectivity index (χ4v) is 1.52. The maximum Gasteiger partial charge on any atom is 0.213 e. The van der Waals surface area contributed by atoms with Gasteiger partial charge >= 0.3 is 0 Å². The Bertz CT molecular complexity index is 322. The highest BCUT2D eigenvalue weighted by atomic mass is 16.5. The van der Waals surface area contributed by atoms with Crippen LogP contribution in [-0.4, -0.2) is 24.7 Å². The van der Waals surface area contributed by atoms with Crippen LogP contribution in [0.2, 0.25) is 0 Å². The number of oxazole rings is 1. The molecule has 84 valence electrons. The van der Waals surface area contributed by atoms with Crippen LogP contribution in [0.1, 0.15) is 38.4 Å². The molecule has 4 heteroatoms. The van der Waals surface area contributed by atoms with Crippen LogP contribution in [0.3, 0.4) is 0 Å². The molecule has 0 radical (unpaired) electrons. The molecule has 1 saturated heterocycles. The molecule has 1 aliphatic rings. The predicted octanol–water partition coefficient (Wildman–Crippen LogP) is 1.63. The van der Waals surface area contributed by atoms with Gasteiger partial charge in [0.15, 0.2) is 0 Å². The highest BCUT2D eigenvalue weighted by Crippen LogP contribution is 2.23. The molecule has 1 aromatic rings. The summed E-state index contributed by atoms with van der Waals surface area (Å²) in [5, 5.41) is 3.32. The zero-order valence-electron chi connectivity index (χ0n) is 9.54. The van der Waals surface area contributed by atoms with Crippen LogP contribution in [0, 0.1) is 0 Å². The summed E-state index contributed by atoms with van der Waals surface area (Å²) in [6.07, 6.45) is 1.74. The Labute approximate surface area is 90.0 Å². The first-order valence-electron chi connectivity index (χ1n) is 5.34. The van der Waals surface area contributed by atoms with Gasteiger partial charge in [0.25, 0.3) is 0 Å². The van der Waals surface area contributed by atoms with Crippen LogP contribution < -0.4 is 5.32 Å². The fraction of sp³-hybridized carbons (Fsp3) is 0.727. The second kappa shape index (κ2) is 3.94. The van der Waals surface area contributed by atoms with Gasteiger partial charge in [-0.25, -0.2) is 4.98 Å². The molecule has 0 saturated carbocycles. The zero-order valence-corrected chi connectivity index (χ0v) is 9.54. The van der Waals surface area contributed by atoms with Crippen molar-refractivity contribution in [1.29, 1.82) is 0 Å². The Hall–Kier alpha value is -0.870. The van der Waals surface area contributed by atoms with E-state index in [9.17, 15) is 0 Å². The summed E-state index contributed by atoms with van der Waals surface area (Å²) in [7, 11) is 0. The van der Waals surface area contributed by atoms with Gasteiger partial charge < -0.3 is 14.5 Å². The van der Waals surface area contributed by atoms with E-state index >= 15 is 0 Å². The normalized spacial score (nSPS) is 23.0. The van der Waals surface area contributed by atoms with Gasteiger partial charge in [0.05, 0.1) is 18.9 Å². The quantitative estimate of drug-likeness (QED) is 0.765. The van der Waals surface area contributed by atoms with Crippen molar-refractivity contribution in [2.75, 3.05) is 19.8 Å². The second-order valence-corrected chi connectivity index (χ2v) is 4.90. The number of aromatic nitrogens is 1. The molecule has 1 N–H and O–H groups in total. The van der Waals surface area contributed by atoms with Gasteiger partial charge in [0, 0.05) is 12.0 Å². The van der Waals surface area contributed by atoms with Crippen molar-refractivity contribution in [3.8, 4) is 0 Å². The van der Waals surface area contributed by atoms with Gasteiger partial charge in [-0.2, -0.15) is 0 Å². The van der Waals surface area contributed by atoms with Gasteiger partial charge in [-0.1, -0.05) is 20.8 Å². The maximum atomic E-state index is 5.48. The summed E-state index contributed by atoms with van der Waals surface area (Å²) < 4.78 is 10.8. The Morgan fingerprint density at radius 1 is 1.47 bits per heavy atom. The molecule has 4 nitrogen and oxygen atoms in total.